The molecule has 0 bridgehead atoms. The molecule has 0 radical (unpaired) electrons. The van der Waals surface area contributed by atoms with Crippen LogP contribution in [0.5, 0.6) is 0 Å². The van der Waals surface area contributed by atoms with E-state index in [1.54, 1.807) is 0 Å². The molecule has 0 saturated carbocycles. The van der Waals surface area contributed by atoms with Crippen molar-refractivity contribution in [3.05, 3.63) is 81.0 Å². The summed E-state index contributed by atoms with van der Waals surface area (Å²) in [5, 5.41) is 11.5. The van der Waals surface area contributed by atoms with Gasteiger partial charge in [0.15, 0.2) is 12.4 Å². The number of aryl methyl sites for hydroxylation is 1. The van der Waals surface area contributed by atoms with Gasteiger partial charge in [0, 0.05) is 28.8 Å². The molecule has 0 fully saturated rings. The van der Waals surface area contributed by atoms with Gasteiger partial charge in [-0.15, -0.1) is 0 Å². The number of carbonyl (C=O) groups excluding carboxylic acids is 2. The minimum atomic E-state index is -0.547. The standard InChI is InChI=1S/C26H26N2O5/c1-26(2,3)17-10-13-22-20(14-17)24(19-6-4-5-7-21(19)27-22)25(30)33-15-23(29)16-8-11-18(12-9-16)28(31)32/h4-9,11-12,17H,10,13-15H2,1-3H3. The Bertz CT molecular complexity index is 1240. The Morgan fingerprint density at radius 3 is 2.48 bits per heavy atom. The summed E-state index contributed by atoms with van der Waals surface area (Å²) < 4.78 is 5.47. The summed E-state index contributed by atoms with van der Waals surface area (Å²) in [5.74, 6) is -0.561. The number of ether oxygens (including phenoxy) is 1. The number of fused-ring (bicyclic) bond motifs is 2. The Balaban J connectivity index is 1.62. The Morgan fingerprint density at radius 1 is 1.12 bits per heavy atom. The summed E-state index contributed by atoms with van der Waals surface area (Å²) in [4.78, 5) is 40.9. The first-order valence-electron chi connectivity index (χ1n) is 11.0. The molecule has 1 atom stereocenters. The van der Waals surface area contributed by atoms with E-state index in [0.29, 0.717) is 11.5 Å². The van der Waals surface area contributed by atoms with Crippen molar-refractivity contribution in [1.82, 2.24) is 4.98 Å². The van der Waals surface area contributed by atoms with Crippen LogP contribution in [-0.4, -0.2) is 28.3 Å². The molecule has 7 heteroatoms. The lowest BCUT2D eigenvalue weighted by atomic mass is 9.70. The molecule has 0 amide bonds. The summed E-state index contributed by atoms with van der Waals surface area (Å²) in [6.45, 7) is 6.18. The van der Waals surface area contributed by atoms with E-state index in [4.69, 9.17) is 9.72 Å². The van der Waals surface area contributed by atoms with Crippen LogP contribution in [0.15, 0.2) is 48.5 Å². The number of rotatable bonds is 5. The van der Waals surface area contributed by atoms with Gasteiger partial charge in [-0.25, -0.2) is 4.79 Å². The molecule has 33 heavy (non-hydrogen) atoms. The number of hydrogen-bond acceptors (Lipinski definition) is 6. The van der Waals surface area contributed by atoms with Gasteiger partial charge in [0.1, 0.15) is 0 Å². The molecular formula is C26H26N2O5. The third-order valence-electron chi connectivity index (χ3n) is 6.42. The van der Waals surface area contributed by atoms with Gasteiger partial charge in [-0.1, -0.05) is 39.0 Å². The van der Waals surface area contributed by atoms with Crippen molar-refractivity contribution >= 4 is 28.3 Å². The zero-order valence-corrected chi connectivity index (χ0v) is 19.0. The molecule has 0 spiro atoms. The first-order valence-corrected chi connectivity index (χ1v) is 11.0. The van der Waals surface area contributed by atoms with Crippen molar-refractivity contribution in [2.75, 3.05) is 6.61 Å². The average Bonchev–Trinajstić information content (AvgIpc) is 2.79. The lowest BCUT2D eigenvalue weighted by molar-refractivity contribution is -0.384. The number of non-ortho nitro benzene ring substituents is 1. The second-order valence-electron chi connectivity index (χ2n) is 9.54. The third kappa shape index (κ3) is 4.62. The van der Waals surface area contributed by atoms with Crippen LogP contribution in [0.4, 0.5) is 5.69 Å². The molecule has 0 aliphatic heterocycles. The molecule has 1 aromatic heterocycles. The fourth-order valence-electron chi connectivity index (χ4n) is 4.42. The van der Waals surface area contributed by atoms with Crippen molar-refractivity contribution in [2.24, 2.45) is 11.3 Å². The zero-order valence-electron chi connectivity index (χ0n) is 19.0. The zero-order chi connectivity index (χ0) is 23.8. The number of benzene rings is 2. The van der Waals surface area contributed by atoms with Gasteiger partial charge in [-0.2, -0.15) is 0 Å². The quantitative estimate of drug-likeness (QED) is 0.227. The van der Waals surface area contributed by atoms with Gasteiger partial charge in [0.2, 0.25) is 0 Å². The van der Waals surface area contributed by atoms with E-state index >= 15 is 0 Å². The minimum absolute atomic E-state index is 0.0936. The Morgan fingerprint density at radius 2 is 1.82 bits per heavy atom. The maximum absolute atomic E-state index is 13.3. The SMILES string of the molecule is CC(C)(C)C1CCc2nc3ccccc3c(C(=O)OCC(=O)c3ccc([N+](=O)[O-])cc3)c2C1. The summed E-state index contributed by atoms with van der Waals surface area (Å²) >= 11 is 0. The van der Waals surface area contributed by atoms with Crippen LogP contribution >= 0.6 is 0 Å². The number of nitro benzene ring substituents is 1. The fourth-order valence-corrected chi connectivity index (χ4v) is 4.42. The van der Waals surface area contributed by atoms with E-state index in [9.17, 15) is 19.7 Å². The Kier molecular flexibility index (Phi) is 5.97. The number of Topliss-reactive ketones (excluding diaryl/α,β-unsaturated/α-hetero) is 1. The van der Waals surface area contributed by atoms with Crippen LogP contribution in [0.3, 0.4) is 0 Å². The Hall–Kier alpha value is -3.61. The highest BCUT2D eigenvalue weighted by molar-refractivity contribution is 6.06. The van der Waals surface area contributed by atoms with Gasteiger partial charge < -0.3 is 4.74 Å². The highest BCUT2D eigenvalue weighted by Gasteiger charge is 2.33. The number of ketones is 1. The highest BCUT2D eigenvalue weighted by Crippen LogP contribution is 2.39. The summed E-state index contributed by atoms with van der Waals surface area (Å²) in [6, 6.07) is 12.7. The molecule has 1 unspecified atom stereocenters. The van der Waals surface area contributed by atoms with E-state index in [0.717, 1.165) is 41.4 Å². The first kappa shape index (κ1) is 22.6. The number of esters is 1. The summed E-state index contributed by atoms with van der Waals surface area (Å²) in [5.41, 5.74) is 3.29. The van der Waals surface area contributed by atoms with E-state index in [-0.39, 0.29) is 16.7 Å². The minimum Gasteiger partial charge on any atom is -0.454 e. The number of nitrogens with zero attached hydrogens (tertiary/aromatic N) is 2. The Labute approximate surface area is 191 Å². The monoisotopic (exact) mass is 446 g/mol. The predicted molar refractivity (Wildman–Crippen MR) is 124 cm³/mol. The van der Waals surface area contributed by atoms with Gasteiger partial charge >= 0.3 is 5.97 Å². The number of aromatic nitrogens is 1. The molecule has 1 aliphatic rings. The maximum Gasteiger partial charge on any atom is 0.339 e. The number of nitro groups is 1. The fraction of sp³-hybridized carbons (Fsp3) is 0.346. The van der Waals surface area contributed by atoms with Gasteiger partial charge in [-0.3, -0.25) is 19.9 Å². The molecular weight excluding hydrogens is 420 g/mol. The van der Waals surface area contributed by atoms with E-state index in [1.165, 1.54) is 24.3 Å². The van der Waals surface area contributed by atoms with Crippen LogP contribution < -0.4 is 0 Å². The molecule has 4 rings (SSSR count). The molecule has 170 valence electrons. The second kappa shape index (κ2) is 8.73. The summed E-state index contributed by atoms with van der Waals surface area (Å²) in [6.07, 6.45) is 2.54. The van der Waals surface area contributed by atoms with Gasteiger partial charge in [-0.05, 0) is 54.4 Å². The molecule has 2 aromatic carbocycles. The molecule has 3 aromatic rings. The van der Waals surface area contributed by atoms with Gasteiger partial charge in [0.25, 0.3) is 5.69 Å². The topological polar surface area (TPSA) is 99.4 Å². The van der Waals surface area contributed by atoms with Crippen molar-refractivity contribution in [3.63, 3.8) is 0 Å². The van der Waals surface area contributed by atoms with Gasteiger partial charge in [0.05, 0.1) is 16.0 Å². The van der Waals surface area contributed by atoms with Crippen LogP contribution in [-0.2, 0) is 17.6 Å². The molecule has 0 N–H and O–H groups in total. The second-order valence-corrected chi connectivity index (χ2v) is 9.54. The lowest BCUT2D eigenvalue weighted by Gasteiger charge is -2.35. The van der Waals surface area contributed by atoms with Crippen LogP contribution in [0.25, 0.3) is 10.9 Å². The largest absolute Gasteiger partial charge is 0.454 e. The predicted octanol–water partition coefficient (Wildman–Crippen LogP) is 5.33. The number of hydrogen-bond donors (Lipinski definition) is 0. The summed E-state index contributed by atoms with van der Waals surface area (Å²) in [7, 11) is 0. The number of para-hydroxylation sites is 1. The normalized spacial score (nSPS) is 15.7. The lowest BCUT2D eigenvalue weighted by Crippen LogP contribution is -2.29. The number of pyridine rings is 1. The third-order valence-corrected chi connectivity index (χ3v) is 6.42. The van der Waals surface area contributed by atoms with Crippen LogP contribution in [0, 0.1) is 21.4 Å². The van der Waals surface area contributed by atoms with Crippen molar-refractivity contribution < 1.29 is 19.2 Å². The van der Waals surface area contributed by atoms with Crippen molar-refractivity contribution in [1.29, 1.82) is 0 Å². The van der Waals surface area contributed by atoms with Crippen molar-refractivity contribution in [3.8, 4) is 0 Å². The van der Waals surface area contributed by atoms with E-state index in [1.807, 2.05) is 24.3 Å². The van der Waals surface area contributed by atoms with Crippen LogP contribution in [0.2, 0.25) is 0 Å². The molecule has 0 saturated heterocycles. The van der Waals surface area contributed by atoms with Crippen molar-refractivity contribution in [2.45, 2.75) is 40.0 Å². The first-order chi connectivity index (χ1) is 15.6. The number of carbonyl (C=O) groups is 2. The highest BCUT2D eigenvalue weighted by atomic mass is 16.6. The maximum atomic E-state index is 13.3. The van der Waals surface area contributed by atoms with E-state index < -0.39 is 23.3 Å². The van der Waals surface area contributed by atoms with E-state index in [2.05, 4.69) is 20.8 Å². The van der Waals surface area contributed by atoms with Crippen LogP contribution in [0.1, 0.15) is 59.2 Å². The molecule has 1 aliphatic carbocycles. The molecule has 1 heterocycles. The smallest absolute Gasteiger partial charge is 0.339 e. The molecule has 7 nitrogen and oxygen atoms in total. The average molecular weight is 447 g/mol.